The van der Waals surface area contributed by atoms with Gasteiger partial charge in [-0.15, -0.1) is 0 Å². The van der Waals surface area contributed by atoms with Crippen LogP contribution in [-0.4, -0.2) is 10.9 Å². The molecule has 0 saturated carbocycles. The van der Waals surface area contributed by atoms with Crippen molar-refractivity contribution in [2.24, 2.45) is 5.73 Å². The van der Waals surface area contributed by atoms with Gasteiger partial charge in [0.1, 0.15) is 0 Å². The summed E-state index contributed by atoms with van der Waals surface area (Å²) in [6.07, 6.45) is 0. The number of rotatable bonds is 2. The maximum atomic E-state index is 11.5. The molecule has 4 aromatic rings. The average molecular weight is 286 g/mol. The highest BCUT2D eigenvalue weighted by molar-refractivity contribution is 6.06. The molecule has 3 aromatic carbocycles. The van der Waals surface area contributed by atoms with Crippen LogP contribution in [0.15, 0.2) is 66.7 Å². The first kappa shape index (κ1) is 12.7. The fraction of sp³-hybridized carbons (Fsp3) is 0. The van der Waals surface area contributed by atoms with Gasteiger partial charge in [-0.05, 0) is 34.5 Å². The van der Waals surface area contributed by atoms with Crippen LogP contribution in [0, 0.1) is 0 Å². The lowest BCUT2D eigenvalue weighted by atomic mass is 10.1. The summed E-state index contributed by atoms with van der Waals surface area (Å²) in [7, 11) is 0. The van der Waals surface area contributed by atoms with Gasteiger partial charge in [-0.25, -0.2) is 0 Å². The number of H-pyrrole nitrogens is 1. The van der Waals surface area contributed by atoms with Gasteiger partial charge in [0.05, 0.1) is 11.1 Å². The Hall–Kier alpha value is -3.07. The zero-order valence-electron chi connectivity index (χ0n) is 11.8. The van der Waals surface area contributed by atoms with Gasteiger partial charge in [-0.1, -0.05) is 48.5 Å². The SMILES string of the molecule is NC(=O)c1cccc2cc(-c3ccc4ccccc4c3)[nH]c12. The number of aromatic nitrogens is 1. The van der Waals surface area contributed by atoms with Crippen LogP contribution >= 0.6 is 0 Å². The van der Waals surface area contributed by atoms with Crippen LogP contribution in [0.3, 0.4) is 0 Å². The molecule has 1 heterocycles. The van der Waals surface area contributed by atoms with Crippen LogP contribution in [0.4, 0.5) is 0 Å². The number of hydrogen-bond acceptors (Lipinski definition) is 1. The Balaban J connectivity index is 1.92. The van der Waals surface area contributed by atoms with Crippen molar-refractivity contribution < 1.29 is 4.79 Å². The van der Waals surface area contributed by atoms with Gasteiger partial charge in [0.2, 0.25) is 0 Å². The predicted octanol–water partition coefficient (Wildman–Crippen LogP) is 4.09. The Morgan fingerprint density at radius 2 is 1.59 bits per heavy atom. The number of carbonyl (C=O) groups is 1. The minimum atomic E-state index is -0.419. The number of nitrogens with one attached hydrogen (secondary N) is 1. The summed E-state index contributed by atoms with van der Waals surface area (Å²) in [6, 6.07) is 22.2. The largest absolute Gasteiger partial charge is 0.366 e. The molecule has 3 N–H and O–H groups in total. The summed E-state index contributed by atoms with van der Waals surface area (Å²) in [4.78, 5) is 14.9. The summed E-state index contributed by atoms with van der Waals surface area (Å²) < 4.78 is 0. The second kappa shape index (κ2) is 4.74. The lowest BCUT2D eigenvalue weighted by Crippen LogP contribution is -2.11. The first-order chi connectivity index (χ1) is 10.7. The van der Waals surface area contributed by atoms with Gasteiger partial charge in [0, 0.05) is 11.1 Å². The number of fused-ring (bicyclic) bond motifs is 2. The van der Waals surface area contributed by atoms with E-state index < -0.39 is 5.91 Å². The number of aromatic amines is 1. The van der Waals surface area contributed by atoms with Gasteiger partial charge in [-0.2, -0.15) is 0 Å². The molecule has 106 valence electrons. The molecule has 1 aromatic heterocycles. The Morgan fingerprint density at radius 3 is 2.41 bits per heavy atom. The number of amides is 1. The molecule has 0 atom stereocenters. The molecule has 0 unspecified atom stereocenters. The molecule has 0 aliphatic heterocycles. The van der Waals surface area contributed by atoms with Gasteiger partial charge in [0.25, 0.3) is 5.91 Å². The first-order valence-electron chi connectivity index (χ1n) is 7.13. The van der Waals surface area contributed by atoms with Crippen LogP contribution in [0.25, 0.3) is 32.9 Å². The van der Waals surface area contributed by atoms with Crippen molar-refractivity contribution in [3.8, 4) is 11.3 Å². The van der Waals surface area contributed by atoms with E-state index in [9.17, 15) is 4.79 Å². The molecule has 0 bridgehead atoms. The van der Waals surface area contributed by atoms with Crippen molar-refractivity contribution in [1.29, 1.82) is 0 Å². The highest BCUT2D eigenvalue weighted by Crippen LogP contribution is 2.28. The highest BCUT2D eigenvalue weighted by atomic mass is 16.1. The Bertz CT molecular complexity index is 1010. The standard InChI is InChI=1S/C19H14N2O/c20-19(22)16-7-3-6-15-11-17(21-18(15)16)14-9-8-12-4-1-2-5-13(12)10-14/h1-11,21H,(H2,20,22). The van der Waals surface area contributed by atoms with E-state index in [2.05, 4.69) is 35.3 Å². The molecule has 22 heavy (non-hydrogen) atoms. The quantitative estimate of drug-likeness (QED) is 0.573. The van der Waals surface area contributed by atoms with Gasteiger partial charge in [-0.3, -0.25) is 4.79 Å². The van der Waals surface area contributed by atoms with Crippen LogP contribution in [0.1, 0.15) is 10.4 Å². The van der Waals surface area contributed by atoms with E-state index in [4.69, 9.17) is 5.73 Å². The summed E-state index contributed by atoms with van der Waals surface area (Å²) >= 11 is 0. The average Bonchev–Trinajstić information content (AvgIpc) is 2.98. The zero-order valence-corrected chi connectivity index (χ0v) is 11.8. The molecule has 1 amide bonds. The zero-order chi connectivity index (χ0) is 15.1. The maximum Gasteiger partial charge on any atom is 0.250 e. The van der Waals surface area contributed by atoms with Crippen molar-refractivity contribution in [2.75, 3.05) is 0 Å². The van der Waals surface area contributed by atoms with Crippen LogP contribution in [-0.2, 0) is 0 Å². The second-order valence-electron chi connectivity index (χ2n) is 5.38. The van der Waals surface area contributed by atoms with Crippen molar-refractivity contribution in [2.45, 2.75) is 0 Å². The molecule has 3 nitrogen and oxygen atoms in total. The summed E-state index contributed by atoms with van der Waals surface area (Å²) in [5.41, 5.74) is 8.82. The van der Waals surface area contributed by atoms with Crippen LogP contribution in [0.2, 0.25) is 0 Å². The number of para-hydroxylation sites is 1. The smallest absolute Gasteiger partial charge is 0.250 e. The third-order valence-corrected chi connectivity index (χ3v) is 3.98. The first-order valence-corrected chi connectivity index (χ1v) is 7.13. The molecule has 0 aliphatic carbocycles. The topological polar surface area (TPSA) is 58.9 Å². The third kappa shape index (κ3) is 1.95. The molecule has 0 spiro atoms. The number of benzene rings is 3. The summed E-state index contributed by atoms with van der Waals surface area (Å²) in [6.45, 7) is 0. The van der Waals surface area contributed by atoms with E-state index in [1.807, 2.05) is 30.3 Å². The Labute approximate surface area is 127 Å². The summed E-state index contributed by atoms with van der Waals surface area (Å²) in [5.74, 6) is -0.419. The minimum Gasteiger partial charge on any atom is -0.366 e. The van der Waals surface area contributed by atoms with Crippen molar-refractivity contribution >= 4 is 27.6 Å². The molecular formula is C19H14N2O. The number of hydrogen-bond donors (Lipinski definition) is 2. The van der Waals surface area contributed by atoms with Crippen molar-refractivity contribution in [3.05, 3.63) is 72.3 Å². The van der Waals surface area contributed by atoms with Crippen LogP contribution in [0.5, 0.6) is 0 Å². The molecule has 0 radical (unpaired) electrons. The molecule has 0 saturated heterocycles. The van der Waals surface area contributed by atoms with E-state index in [-0.39, 0.29) is 0 Å². The summed E-state index contributed by atoms with van der Waals surface area (Å²) in [5, 5.41) is 3.38. The van der Waals surface area contributed by atoms with Crippen molar-refractivity contribution in [3.63, 3.8) is 0 Å². The maximum absolute atomic E-state index is 11.5. The third-order valence-electron chi connectivity index (χ3n) is 3.98. The highest BCUT2D eigenvalue weighted by Gasteiger charge is 2.10. The normalized spacial score (nSPS) is 11.1. The van der Waals surface area contributed by atoms with E-state index in [1.165, 1.54) is 10.8 Å². The molecular weight excluding hydrogens is 272 g/mol. The lowest BCUT2D eigenvalue weighted by Gasteiger charge is -2.02. The molecule has 0 fully saturated rings. The van der Waals surface area contributed by atoms with Gasteiger partial charge < -0.3 is 10.7 Å². The second-order valence-corrected chi connectivity index (χ2v) is 5.38. The monoisotopic (exact) mass is 286 g/mol. The number of primary amides is 1. The number of carbonyl (C=O) groups excluding carboxylic acids is 1. The molecule has 0 aliphatic rings. The molecule has 4 rings (SSSR count). The van der Waals surface area contributed by atoms with Crippen molar-refractivity contribution in [1.82, 2.24) is 4.98 Å². The lowest BCUT2D eigenvalue weighted by molar-refractivity contribution is 0.100. The fourth-order valence-electron chi connectivity index (χ4n) is 2.87. The predicted molar refractivity (Wildman–Crippen MR) is 89.8 cm³/mol. The fourth-order valence-corrected chi connectivity index (χ4v) is 2.87. The Kier molecular flexibility index (Phi) is 2.73. The van der Waals surface area contributed by atoms with E-state index in [0.717, 1.165) is 22.2 Å². The van der Waals surface area contributed by atoms with Crippen LogP contribution < -0.4 is 5.73 Å². The van der Waals surface area contributed by atoms with E-state index in [1.54, 1.807) is 6.07 Å². The number of nitrogens with two attached hydrogens (primary N) is 1. The molecule has 3 heteroatoms. The van der Waals surface area contributed by atoms with Gasteiger partial charge in [0.15, 0.2) is 0 Å². The van der Waals surface area contributed by atoms with E-state index >= 15 is 0 Å². The van der Waals surface area contributed by atoms with Gasteiger partial charge >= 0.3 is 0 Å². The minimum absolute atomic E-state index is 0.419. The Morgan fingerprint density at radius 1 is 0.818 bits per heavy atom. The van der Waals surface area contributed by atoms with E-state index in [0.29, 0.717) is 5.56 Å².